The van der Waals surface area contributed by atoms with Gasteiger partial charge in [-0.15, -0.1) is 0 Å². The molecule has 0 N–H and O–H groups in total. The van der Waals surface area contributed by atoms with Crippen molar-refractivity contribution in [2.45, 2.75) is 0 Å². The fourth-order valence-electron chi connectivity index (χ4n) is 0. The summed E-state index contributed by atoms with van der Waals surface area (Å²) in [7, 11) is 1.75. The first-order valence-corrected chi connectivity index (χ1v) is 0.267. The fourth-order valence-corrected chi connectivity index (χ4v) is 0. The molecule has 0 saturated heterocycles. The van der Waals surface area contributed by atoms with Crippen molar-refractivity contribution >= 4 is 0 Å². The van der Waals surface area contributed by atoms with E-state index >= 15 is 0 Å². The number of hydrogen-bond acceptors (Lipinski definition) is 0. The Morgan fingerprint density at radius 2 is 1.25 bits per heavy atom. The predicted octanol–water partition coefficient (Wildman–Crippen LogP) is 1.20. The summed E-state index contributed by atoms with van der Waals surface area (Å²) < 4.78 is 9.25. The molecule has 0 aromatic carbocycles. The third-order valence-corrected chi connectivity index (χ3v) is 0. The fraction of sp³-hybridized carbons (Fsp3) is 0. The van der Waals surface area contributed by atoms with E-state index in [4.69, 9.17) is 0 Å². The van der Waals surface area contributed by atoms with Crippen LogP contribution in [0, 0.1) is 14.6 Å². The summed E-state index contributed by atoms with van der Waals surface area (Å²) in [6.07, 6.45) is 0. The molecule has 0 spiro atoms. The summed E-state index contributed by atoms with van der Waals surface area (Å²) in [5.41, 5.74) is 0. The molecule has 0 rings (SSSR count). The SMILES string of the molecule is [CH2-]F.[CH3-].[Y]. The van der Waals surface area contributed by atoms with Crippen LogP contribution in [0.4, 0.5) is 4.39 Å². The van der Waals surface area contributed by atoms with Gasteiger partial charge in [-0.1, -0.05) is 0 Å². The van der Waals surface area contributed by atoms with Crippen LogP contribution in [0.25, 0.3) is 0 Å². The normalized spacial score (nSPS) is 1.50. The van der Waals surface area contributed by atoms with Gasteiger partial charge in [-0.25, -0.2) is 0 Å². The molecule has 0 aromatic heterocycles. The second-order valence-electron chi connectivity index (χ2n) is 0. The second-order valence-corrected chi connectivity index (χ2v) is 0. The third-order valence-electron chi connectivity index (χ3n) is 0. The molecule has 0 aliphatic carbocycles. The molecule has 0 atom stereocenters. The van der Waals surface area contributed by atoms with Crippen LogP contribution in [0.5, 0.6) is 0 Å². The molecule has 1 radical (unpaired) electrons. The molecule has 0 amide bonds. The van der Waals surface area contributed by atoms with Crippen LogP contribution >= 0.6 is 0 Å². The Kier molecular flexibility index (Phi) is 172. The van der Waals surface area contributed by atoms with E-state index < -0.39 is 0 Å². The van der Waals surface area contributed by atoms with Crippen molar-refractivity contribution in [2.24, 2.45) is 0 Å². The molecule has 4 heavy (non-hydrogen) atoms. The van der Waals surface area contributed by atoms with Gasteiger partial charge in [-0.3, -0.25) is 0 Å². The minimum Gasteiger partial charge on any atom is -0.463 e. The van der Waals surface area contributed by atoms with E-state index in [2.05, 4.69) is 0 Å². The molecule has 0 saturated carbocycles. The van der Waals surface area contributed by atoms with Crippen molar-refractivity contribution in [3.8, 4) is 0 Å². The Morgan fingerprint density at radius 3 is 1.25 bits per heavy atom. The van der Waals surface area contributed by atoms with E-state index in [1.807, 2.05) is 0 Å². The molecular formula is C2H5FY-2. The Hall–Kier alpha value is 1.03. The average Bonchev–Trinajstić information content (AvgIpc) is 1.00. The Balaban J connectivity index is -0.00000000500. The van der Waals surface area contributed by atoms with Crippen LogP contribution in [-0.2, 0) is 32.7 Å². The molecule has 0 bridgehead atoms. The second kappa shape index (κ2) is 34.7. The van der Waals surface area contributed by atoms with Crippen LogP contribution in [0.2, 0.25) is 0 Å². The Morgan fingerprint density at radius 1 is 1.25 bits per heavy atom. The summed E-state index contributed by atoms with van der Waals surface area (Å²) in [5, 5.41) is 0. The third kappa shape index (κ3) is 11.7. The molecule has 0 unspecified atom stereocenters. The molecule has 0 fully saturated rings. The van der Waals surface area contributed by atoms with Crippen molar-refractivity contribution in [2.75, 3.05) is 0 Å². The molecule has 0 aliphatic heterocycles. The van der Waals surface area contributed by atoms with E-state index in [0.29, 0.717) is 0 Å². The summed E-state index contributed by atoms with van der Waals surface area (Å²) in [4.78, 5) is 0. The maximum Gasteiger partial charge on any atom is 0 e. The van der Waals surface area contributed by atoms with Gasteiger partial charge in [-0.2, -0.15) is 7.18 Å². The van der Waals surface area contributed by atoms with Crippen LogP contribution in [0.1, 0.15) is 0 Å². The van der Waals surface area contributed by atoms with E-state index in [-0.39, 0.29) is 40.1 Å². The summed E-state index contributed by atoms with van der Waals surface area (Å²) in [6, 6.07) is 0. The first kappa shape index (κ1) is 19.8. The maximum absolute atomic E-state index is 9.25. The summed E-state index contributed by atoms with van der Waals surface area (Å²) >= 11 is 0. The molecular weight excluding hydrogens is 132 g/mol. The monoisotopic (exact) mass is 137 g/mol. The minimum atomic E-state index is 0. The van der Waals surface area contributed by atoms with Crippen LogP contribution in [0.15, 0.2) is 0 Å². The Bertz CT molecular complexity index is 6.00. The molecule has 25 valence electrons. The topological polar surface area (TPSA) is 0 Å². The number of hydrogen-bond donors (Lipinski definition) is 0. The zero-order chi connectivity index (χ0) is 2.00. The van der Waals surface area contributed by atoms with Gasteiger partial charge in [-0.05, 0) is 0 Å². The molecule has 2 heteroatoms. The van der Waals surface area contributed by atoms with Gasteiger partial charge in [0, 0.05) is 32.7 Å². The predicted molar refractivity (Wildman–Crippen MR) is 12.9 cm³/mol. The van der Waals surface area contributed by atoms with Crippen molar-refractivity contribution in [1.82, 2.24) is 0 Å². The molecule has 0 aliphatic rings. The maximum atomic E-state index is 9.25. The van der Waals surface area contributed by atoms with Gasteiger partial charge >= 0.3 is 0 Å². The zero-order valence-electron chi connectivity index (χ0n) is 2.66. The molecule has 0 nitrogen and oxygen atoms in total. The van der Waals surface area contributed by atoms with Crippen LogP contribution < -0.4 is 0 Å². The summed E-state index contributed by atoms with van der Waals surface area (Å²) in [5.74, 6) is 0. The summed E-state index contributed by atoms with van der Waals surface area (Å²) in [6.45, 7) is 0. The average molecular weight is 137 g/mol. The van der Waals surface area contributed by atoms with Gasteiger partial charge in [0.2, 0.25) is 0 Å². The van der Waals surface area contributed by atoms with E-state index in [0.717, 1.165) is 0 Å². The van der Waals surface area contributed by atoms with Crippen molar-refractivity contribution < 1.29 is 37.1 Å². The standard InChI is InChI=1S/CH2F.CH3.Y/c1-2;;/h1H2;1H3;/q2*-1;. The van der Waals surface area contributed by atoms with Crippen LogP contribution in [-0.4, -0.2) is 0 Å². The van der Waals surface area contributed by atoms with E-state index in [1.165, 1.54) is 0 Å². The molecule has 0 aromatic rings. The first-order chi connectivity index (χ1) is 1.00. The van der Waals surface area contributed by atoms with E-state index in [9.17, 15) is 4.39 Å². The molecule has 0 heterocycles. The van der Waals surface area contributed by atoms with Gasteiger partial charge in [0.1, 0.15) is 0 Å². The number of rotatable bonds is 0. The first-order valence-electron chi connectivity index (χ1n) is 0.267. The minimum absolute atomic E-state index is 0. The smallest absolute Gasteiger partial charge is 0 e. The quantitative estimate of drug-likeness (QED) is 0.440. The zero-order valence-corrected chi connectivity index (χ0v) is 5.50. The van der Waals surface area contributed by atoms with Gasteiger partial charge in [0.15, 0.2) is 0 Å². The number of halogens is 1. The van der Waals surface area contributed by atoms with Gasteiger partial charge in [0.05, 0.1) is 0 Å². The van der Waals surface area contributed by atoms with Crippen LogP contribution in [0.3, 0.4) is 0 Å². The van der Waals surface area contributed by atoms with Crippen molar-refractivity contribution in [3.05, 3.63) is 14.6 Å². The van der Waals surface area contributed by atoms with Gasteiger partial charge in [0.25, 0.3) is 0 Å². The van der Waals surface area contributed by atoms with Crippen molar-refractivity contribution in [3.63, 3.8) is 0 Å². The Labute approximate surface area is 51.7 Å². The van der Waals surface area contributed by atoms with Gasteiger partial charge < -0.3 is 11.8 Å². The van der Waals surface area contributed by atoms with Crippen molar-refractivity contribution in [1.29, 1.82) is 0 Å². The largest absolute Gasteiger partial charge is 0.463 e. The van der Waals surface area contributed by atoms with E-state index in [1.54, 1.807) is 7.18 Å².